The first-order chi connectivity index (χ1) is 48.6. The van der Waals surface area contributed by atoms with E-state index >= 15 is 0 Å². The number of hydrogen-bond acceptors (Lipinski definition) is 8. The summed E-state index contributed by atoms with van der Waals surface area (Å²) < 4.78 is 17.6. The molecular formula is C93H208O8. The second-order valence-corrected chi connectivity index (χ2v) is 26.4. The van der Waals surface area contributed by atoms with E-state index in [4.69, 9.17) is 0 Å². The Balaban J connectivity index is -0.0000000604. The van der Waals surface area contributed by atoms with Crippen molar-refractivity contribution in [2.24, 2.45) is 0 Å². The molecule has 0 spiro atoms. The summed E-state index contributed by atoms with van der Waals surface area (Å²) in [7, 11) is 0. The lowest BCUT2D eigenvalue weighted by atomic mass is 10.2. The maximum absolute atomic E-state index is 9.82. The summed E-state index contributed by atoms with van der Waals surface area (Å²) >= 11 is 0. The van der Waals surface area contributed by atoms with E-state index in [1.807, 2.05) is 0 Å². The number of hydrogen-bond donors (Lipinski definition) is 0. The van der Waals surface area contributed by atoms with Crippen LogP contribution in [-0.2, 0) is 38.1 Å². The third kappa shape index (κ3) is 310. The minimum Gasteiger partial charge on any atom is -0.466 e. The number of unbranched alkanes of at least 4 members (excludes halogenated alkanes) is 44. The number of rotatable bonds is 48. The number of carbonyl (C=O) groups excluding carboxylic acids is 4. The first kappa shape index (κ1) is 135. The van der Waals surface area contributed by atoms with Crippen molar-refractivity contribution in [3.05, 3.63) is 0 Å². The summed E-state index contributed by atoms with van der Waals surface area (Å²) in [5.74, 6) is -0.843. The van der Waals surface area contributed by atoms with Crippen LogP contribution in [0.25, 0.3) is 0 Å². The van der Waals surface area contributed by atoms with Crippen molar-refractivity contribution >= 4 is 23.9 Å². The molecule has 0 rings (SSSR count). The van der Waals surface area contributed by atoms with Gasteiger partial charge in [-0.25, -0.2) is 0 Å². The van der Waals surface area contributed by atoms with Crippen LogP contribution in [0.3, 0.4) is 0 Å². The van der Waals surface area contributed by atoms with Gasteiger partial charge < -0.3 is 18.9 Å². The molecule has 0 heterocycles. The largest absolute Gasteiger partial charge is 0.466 e. The van der Waals surface area contributed by atoms with Gasteiger partial charge in [-0.1, -0.05) is 505 Å². The predicted octanol–water partition coefficient (Wildman–Crippen LogP) is 35.0. The Morgan fingerprint density at radius 3 is 0.208 bits per heavy atom. The smallest absolute Gasteiger partial charge is 0.302 e. The van der Waals surface area contributed by atoms with E-state index < -0.39 is 0 Å². The van der Waals surface area contributed by atoms with Crippen molar-refractivity contribution in [3.63, 3.8) is 0 Å². The third-order valence-electron chi connectivity index (χ3n) is 14.7. The van der Waals surface area contributed by atoms with Gasteiger partial charge in [0, 0.05) is 27.7 Å². The molecule has 0 aromatic carbocycles. The second-order valence-electron chi connectivity index (χ2n) is 26.4. The average molecular weight is 1450 g/mol. The van der Waals surface area contributed by atoms with Crippen LogP contribution >= 0.6 is 0 Å². The van der Waals surface area contributed by atoms with Crippen LogP contribution in [0.2, 0.25) is 0 Å². The standard InChI is InChI=1S/11C7H16.4C4H8O2/c11*1-3-5-7-6-4-2;4*1-3-6-4(2)5/h11*3-7H2,1-2H3;4*3H2,1-2H3. The molecule has 0 radical (unpaired) electrons. The third-order valence-corrected chi connectivity index (χ3v) is 14.7. The Morgan fingerprint density at radius 2 is 0.188 bits per heavy atom. The SMILES string of the molecule is CCCCCCC.CCCCCCC.CCCCCCC.CCCCCCC.CCCCCCC.CCCCCCC.CCCCCCC.CCCCCCC.CCCCCCC.CCCCCCC.CCCCCCC.CCOC(C)=O.CCOC(C)=O.CCOC(C)=O.CCOC(C)=O. The van der Waals surface area contributed by atoms with Crippen molar-refractivity contribution in [2.75, 3.05) is 26.4 Å². The first-order valence-electron chi connectivity index (χ1n) is 45.2. The van der Waals surface area contributed by atoms with Gasteiger partial charge in [0.2, 0.25) is 0 Å². The molecule has 0 aromatic heterocycles. The van der Waals surface area contributed by atoms with E-state index in [0.29, 0.717) is 26.4 Å². The Labute approximate surface area is 645 Å². The molecule has 0 saturated carbocycles. The highest BCUT2D eigenvalue weighted by Crippen LogP contribution is 2.06. The van der Waals surface area contributed by atoms with Gasteiger partial charge in [-0.2, -0.15) is 0 Å². The quantitative estimate of drug-likeness (QED) is 0.0337. The van der Waals surface area contributed by atoms with Gasteiger partial charge in [0.05, 0.1) is 26.4 Å². The van der Waals surface area contributed by atoms with Crippen LogP contribution in [0.5, 0.6) is 0 Å². The van der Waals surface area contributed by atoms with E-state index in [0.717, 1.165) is 0 Å². The van der Waals surface area contributed by atoms with Crippen molar-refractivity contribution < 1.29 is 38.1 Å². The van der Waals surface area contributed by atoms with Crippen molar-refractivity contribution in [1.82, 2.24) is 0 Å². The summed E-state index contributed by atoms with van der Waals surface area (Å²) in [5, 5.41) is 0. The van der Waals surface area contributed by atoms with Gasteiger partial charge in [-0.3, -0.25) is 19.2 Å². The molecule has 0 aliphatic heterocycles. The van der Waals surface area contributed by atoms with Crippen molar-refractivity contribution in [1.29, 1.82) is 0 Å². The molecule has 0 atom stereocenters. The molecule has 0 aliphatic carbocycles. The molecule has 0 fully saturated rings. The van der Waals surface area contributed by atoms with E-state index in [1.54, 1.807) is 27.7 Å². The zero-order valence-corrected chi connectivity index (χ0v) is 77.0. The Kier molecular flexibility index (Phi) is 231. The highest BCUT2D eigenvalue weighted by atomic mass is 16.5. The van der Waals surface area contributed by atoms with E-state index in [2.05, 4.69) is 171 Å². The number of carbonyl (C=O) groups is 4. The summed E-state index contributed by atoms with van der Waals surface area (Å²) in [6, 6.07) is 0. The summed E-state index contributed by atoms with van der Waals surface area (Å²) in [6.45, 7) is 64.0. The van der Waals surface area contributed by atoms with Gasteiger partial charge in [-0.15, -0.1) is 0 Å². The molecule has 0 aliphatic rings. The fourth-order valence-corrected chi connectivity index (χ4v) is 8.26. The molecule has 8 nitrogen and oxygen atoms in total. The number of ether oxygens (including phenoxy) is 4. The molecule has 0 saturated heterocycles. The summed E-state index contributed by atoms with van der Waals surface area (Å²) in [6.07, 6.45) is 77.1. The lowest BCUT2D eigenvalue weighted by molar-refractivity contribution is -0.141. The van der Waals surface area contributed by atoms with Crippen LogP contribution in [-0.4, -0.2) is 50.3 Å². The Bertz CT molecular complexity index is 847. The van der Waals surface area contributed by atoms with Crippen LogP contribution in [0.15, 0.2) is 0 Å². The number of esters is 4. The first-order valence-corrected chi connectivity index (χ1v) is 45.2. The topological polar surface area (TPSA) is 105 Å². The molecule has 101 heavy (non-hydrogen) atoms. The Hall–Kier alpha value is -2.12. The molecule has 0 unspecified atom stereocenters. The molecule has 0 N–H and O–H groups in total. The monoisotopic (exact) mass is 1450 g/mol. The molecule has 0 bridgehead atoms. The fourth-order valence-electron chi connectivity index (χ4n) is 8.26. The fraction of sp³-hybridized carbons (Fsp3) is 0.957. The van der Waals surface area contributed by atoms with E-state index in [1.165, 1.54) is 381 Å². The Morgan fingerprint density at radius 1 is 0.129 bits per heavy atom. The minimum atomic E-state index is -0.211. The lowest BCUT2D eigenvalue weighted by Crippen LogP contribution is -1.95. The predicted molar refractivity (Wildman–Crippen MR) is 468 cm³/mol. The zero-order chi connectivity index (χ0) is 80.9. The van der Waals surface area contributed by atoms with Gasteiger partial charge in [0.25, 0.3) is 0 Å². The normalized spacial score (nSPS) is 9.01. The summed E-state index contributed by atoms with van der Waals surface area (Å²) in [4.78, 5) is 39.3. The molecule has 0 amide bonds. The molecule has 8 heteroatoms. The minimum absolute atomic E-state index is 0.211. The van der Waals surface area contributed by atoms with Gasteiger partial charge >= 0.3 is 23.9 Å². The van der Waals surface area contributed by atoms with Gasteiger partial charge in [-0.05, 0) is 27.7 Å². The maximum Gasteiger partial charge on any atom is 0.302 e. The average Bonchev–Trinajstić information content (AvgIpc) is 3.61. The van der Waals surface area contributed by atoms with Gasteiger partial charge in [0.1, 0.15) is 0 Å². The van der Waals surface area contributed by atoms with Crippen molar-refractivity contribution in [2.45, 2.75) is 561 Å². The molecule has 628 valence electrons. The van der Waals surface area contributed by atoms with E-state index in [9.17, 15) is 19.2 Å². The lowest BCUT2D eigenvalue weighted by Gasteiger charge is -1.90. The molecular weight excluding hydrogens is 1250 g/mol. The van der Waals surface area contributed by atoms with Gasteiger partial charge in [0.15, 0.2) is 0 Å². The zero-order valence-electron chi connectivity index (χ0n) is 77.0. The summed E-state index contributed by atoms with van der Waals surface area (Å²) in [5.41, 5.74) is 0. The van der Waals surface area contributed by atoms with Crippen LogP contribution in [0, 0.1) is 0 Å². The van der Waals surface area contributed by atoms with Crippen molar-refractivity contribution in [3.8, 4) is 0 Å². The highest BCUT2D eigenvalue weighted by molar-refractivity contribution is 5.66. The van der Waals surface area contributed by atoms with Crippen LogP contribution in [0.1, 0.15) is 561 Å². The maximum atomic E-state index is 9.82. The molecule has 0 aromatic rings. The highest BCUT2D eigenvalue weighted by Gasteiger charge is 1.89. The van der Waals surface area contributed by atoms with E-state index in [-0.39, 0.29) is 23.9 Å². The second kappa shape index (κ2) is 173. The van der Waals surface area contributed by atoms with Crippen LogP contribution in [0.4, 0.5) is 0 Å². The van der Waals surface area contributed by atoms with Crippen LogP contribution < -0.4 is 0 Å².